The summed E-state index contributed by atoms with van der Waals surface area (Å²) in [7, 11) is 0. The quantitative estimate of drug-likeness (QED) is 0.677. The number of hydrogen-bond acceptors (Lipinski definition) is 4. The third kappa shape index (κ3) is 4.11. The van der Waals surface area contributed by atoms with Gasteiger partial charge in [0.05, 0.1) is 17.1 Å². The van der Waals surface area contributed by atoms with Gasteiger partial charge in [-0.15, -0.1) is 10.2 Å². The molecule has 1 aromatic heterocycles. The van der Waals surface area contributed by atoms with Crippen molar-refractivity contribution in [2.24, 2.45) is 0 Å². The van der Waals surface area contributed by atoms with Gasteiger partial charge in [-0.25, -0.2) is 0 Å². The summed E-state index contributed by atoms with van der Waals surface area (Å²) in [5, 5.41) is 10.3. The van der Waals surface area contributed by atoms with E-state index < -0.39 is 11.7 Å². The first-order chi connectivity index (χ1) is 11.8. The van der Waals surface area contributed by atoms with E-state index in [9.17, 15) is 13.2 Å². The van der Waals surface area contributed by atoms with Gasteiger partial charge in [-0.2, -0.15) is 13.2 Å². The minimum absolute atomic E-state index is 0.0950. The zero-order valence-electron chi connectivity index (χ0n) is 13.1. The fourth-order valence-electron chi connectivity index (χ4n) is 2.25. The van der Waals surface area contributed by atoms with Crippen LogP contribution < -0.4 is 5.32 Å². The van der Waals surface area contributed by atoms with Gasteiger partial charge < -0.3 is 9.73 Å². The van der Waals surface area contributed by atoms with Crippen molar-refractivity contribution in [2.45, 2.75) is 19.6 Å². The molecule has 3 aromatic rings. The minimum Gasteiger partial charge on any atom is -0.419 e. The predicted octanol–water partition coefficient (Wildman–Crippen LogP) is 5.33. The molecule has 0 fully saturated rings. The van der Waals surface area contributed by atoms with Crippen LogP contribution in [0.3, 0.4) is 0 Å². The van der Waals surface area contributed by atoms with Gasteiger partial charge in [0, 0.05) is 11.3 Å². The lowest BCUT2D eigenvalue weighted by molar-refractivity contribution is -0.137. The first kappa shape index (κ1) is 17.3. The van der Waals surface area contributed by atoms with Crippen molar-refractivity contribution >= 4 is 17.3 Å². The van der Waals surface area contributed by atoms with Crippen molar-refractivity contribution < 1.29 is 17.6 Å². The van der Waals surface area contributed by atoms with E-state index in [1.54, 1.807) is 0 Å². The number of rotatable bonds is 4. The topological polar surface area (TPSA) is 51.0 Å². The highest BCUT2D eigenvalue weighted by atomic mass is 35.5. The number of aromatic nitrogens is 2. The van der Waals surface area contributed by atoms with Crippen molar-refractivity contribution in [3.63, 3.8) is 0 Å². The van der Waals surface area contributed by atoms with E-state index in [1.165, 1.54) is 12.1 Å². The number of nitrogens with zero attached hydrogens (tertiary/aromatic N) is 2. The fraction of sp³-hybridized carbons (Fsp3) is 0.176. The van der Waals surface area contributed by atoms with Crippen LogP contribution in [0, 0.1) is 6.92 Å². The molecule has 130 valence electrons. The molecule has 0 saturated heterocycles. The third-order valence-corrected chi connectivity index (χ3v) is 3.78. The van der Waals surface area contributed by atoms with Crippen molar-refractivity contribution in [3.05, 3.63) is 64.5 Å². The molecule has 0 saturated carbocycles. The lowest BCUT2D eigenvalue weighted by Crippen LogP contribution is -2.07. The van der Waals surface area contributed by atoms with Crippen LogP contribution in [0.25, 0.3) is 11.5 Å². The first-order valence-electron chi connectivity index (χ1n) is 7.33. The molecule has 2 aromatic carbocycles. The van der Waals surface area contributed by atoms with Crippen molar-refractivity contribution in [2.75, 3.05) is 5.32 Å². The smallest absolute Gasteiger partial charge is 0.417 e. The van der Waals surface area contributed by atoms with Crippen LogP contribution in [0.1, 0.15) is 17.0 Å². The molecular formula is C17H13ClF3N3O. The molecule has 0 radical (unpaired) electrons. The Hall–Kier alpha value is -2.54. The van der Waals surface area contributed by atoms with E-state index in [-0.39, 0.29) is 23.1 Å². The molecular weight excluding hydrogens is 355 g/mol. The monoisotopic (exact) mass is 367 g/mol. The summed E-state index contributed by atoms with van der Waals surface area (Å²) in [4.78, 5) is 0. The second-order valence-electron chi connectivity index (χ2n) is 5.42. The van der Waals surface area contributed by atoms with Gasteiger partial charge in [0.25, 0.3) is 0 Å². The maximum absolute atomic E-state index is 12.9. The van der Waals surface area contributed by atoms with Crippen LogP contribution in [0.5, 0.6) is 0 Å². The second-order valence-corrected chi connectivity index (χ2v) is 5.82. The minimum atomic E-state index is -4.52. The normalized spacial score (nSPS) is 11.6. The number of anilines is 1. The Morgan fingerprint density at radius 2 is 1.92 bits per heavy atom. The molecule has 0 aliphatic heterocycles. The summed E-state index contributed by atoms with van der Waals surface area (Å²) < 4.78 is 44.1. The van der Waals surface area contributed by atoms with Crippen molar-refractivity contribution in [1.82, 2.24) is 10.2 Å². The third-order valence-electron chi connectivity index (χ3n) is 3.45. The summed E-state index contributed by atoms with van der Waals surface area (Å²) in [6, 6.07) is 11.2. The molecule has 0 spiro atoms. The Morgan fingerprint density at radius 1 is 1.12 bits per heavy atom. The zero-order chi connectivity index (χ0) is 18.0. The van der Waals surface area contributed by atoms with Gasteiger partial charge in [0.1, 0.15) is 0 Å². The van der Waals surface area contributed by atoms with Crippen LogP contribution >= 0.6 is 11.6 Å². The maximum Gasteiger partial charge on any atom is 0.417 e. The fourth-order valence-corrected chi connectivity index (χ4v) is 2.47. The molecule has 3 rings (SSSR count). The number of hydrogen-bond donors (Lipinski definition) is 1. The maximum atomic E-state index is 12.9. The van der Waals surface area contributed by atoms with Crippen molar-refractivity contribution in [3.8, 4) is 11.5 Å². The summed E-state index contributed by atoms with van der Waals surface area (Å²) >= 11 is 5.59. The second kappa shape index (κ2) is 6.76. The zero-order valence-corrected chi connectivity index (χ0v) is 13.8. The highest BCUT2D eigenvalue weighted by molar-refractivity contribution is 6.31. The van der Waals surface area contributed by atoms with E-state index >= 15 is 0 Å². The Labute approximate surface area is 146 Å². The summed E-state index contributed by atoms with van der Waals surface area (Å²) in [6.45, 7) is 2.04. The molecule has 0 unspecified atom stereocenters. The Kier molecular flexibility index (Phi) is 4.67. The molecule has 1 heterocycles. The van der Waals surface area contributed by atoms with Crippen LogP contribution in [-0.2, 0) is 12.7 Å². The Balaban J connectivity index is 1.73. The molecule has 0 aliphatic carbocycles. The largest absolute Gasteiger partial charge is 0.419 e. The standard InChI is InChI=1S/C17H13ClF3N3O/c1-10-3-2-4-11(7-10)16-24-23-15(25-16)9-22-12-5-6-14(18)13(8-12)17(19,20)21/h2-8,22H,9H2,1H3. The Morgan fingerprint density at radius 3 is 2.64 bits per heavy atom. The average molecular weight is 368 g/mol. The van der Waals surface area contributed by atoms with Crippen LogP contribution in [-0.4, -0.2) is 10.2 Å². The lowest BCUT2D eigenvalue weighted by Gasteiger charge is -2.11. The van der Waals surface area contributed by atoms with E-state index in [0.717, 1.165) is 17.2 Å². The SMILES string of the molecule is Cc1cccc(-c2nnc(CNc3ccc(Cl)c(C(F)(F)F)c3)o2)c1. The number of alkyl halides is 3. The van der Waals surface area contributed by atoms with E-state index in [1.807, 2.05) is 31.2 Å². The molecule has 1 N–H and O–H groups in total. The van der Waals surface area contributed by atoms with Gasteiger partial charge in [-0.3, -0.25) is 0 Å². The molecule has 0 bridgehead atoms. The summed E-state index contributed by atoms with van der Waals surface area (Å²) in [6.07, 6.45) is -4.52. The number of benzene rings is 2. The van der Waals surface area contributed by atoms with E-state index in [0.29, 0.717) is 5.89 Å². The molecule has 8 heteroatoms. The van der Waals surface area contributed by atoms with Crippen LogP contribution in [0.4, 0.5) is 18.9 Å². The highest BCUT2D eigenvalue weighted by Gasteiger charge is 2.33. The Bertz CT molecular complexity index is 893. The van der Waals surface area contributed by atoms with Crippen LogP contribution in [0.2, 0.25) is 5.02 Å². The molecule has 25 heavy (non-hydrogen) atoms. The van der Waals surface area contributed by atoms with Gasteiger partial charge in [0.2, 0.25) is 11.8 Å². The molecule has 0 aliphatic rings. The van der Waals surface area contributed by atoms with E-state index in [2.05, 4.69) is 15.5 Å². The first-order valence-corrected chi connectivity index (χ1v) is 7.71. The number of nitrogens with one attached hydrogen (secondary N) is 1. The summed E-state index contributed by atoms with van der Waals surface area (Å²) in [5.74, 6) is 0.618. The molecule has 4 nitrogen and oxygen atoms in total. The molecule has 0 amide bonds. The number of aryl methyl sites for hydroxylation is 1. The molecule has 0 atom stereocenters. The summed E-state index contributed by atoms with van der Waals surface area (Å²) in [5.41, 5.74) is 1.19. The van der Waals surface area contributed by atoms with Gasteiger partial charge >= 0.3 is 6.18 Å². The highest BCUT2D eigenvalue weighted by Crippen LogP contribution is 2.36. The van der Waals surface area contributed by atoms with E-state index in [4.69, 9.17) is 16.0 Å². The number of halogens is 4. The van der Waals surface area contributed by atoms with Gasteiger partial charge in [-0.1, -0.05) is 29.3 Å². The lowest BCUT2D eigenvalue weighted by atomic mass is 10.1. The predicted molar refractivity (Wildman–Crippen MR) is 88.3 cm³/mol. The average Bonchev–Trinajstić information content (AvgIpc) is 3.02. The van der Waals surface area contributed by atoms with Crippen molar-refractivity contribution in [1.29, 1.82) is 0 Å². The van der Waals surface area contributed by atoms with Gasteiger partial charge in [0.15, 0.2) is 0 Å². The van der Waals surface area contributed by atoms with Crippen LogP contribution in [0.15, 0.2) is 46.9 Å². The van der Waals surface area contributed by atoms with Gasteiger partial charge in [-0.05, 0) is 37.3 Å².